The van der Waals surface area contributed by atoms with Crippen molar-refractivity contribution in [1.82, 2.24) is 9.97 Å². The Morgan fingerprint density at radius 3 is 2.65 bits per heavy atom. The van der Waals surface area contributed by atoms with Gasteiger partial charge in [-0.3, -0.25) is 14.8 Å². The smallest absolute Gasteiger partial charge is 0.257 e. The van der Waals surface area contributed by atoms with Crippen molar-refractivity contribution in [2.75, 3.05) is 5.32 Å². The van der Waals surface area contributed by atoms with Crippen molar-refractivity contribution in [2.45, 2.75) is 6.92 Å². The van der Waals surface area contributed by atoms with Gasteiger partial charge in [0.1, 0.15) is 0 Å². The third-order valence-electron chi connectivity index (χ3n) is 2.10. The first-order chi connectivity index (χ1) is 8.15. The van der Waals surface area contributed by atoms with Gasteiger partial charge in [-0.2, -0.15) is 0 Å². The molecule has 0 saturated carbocycles. The Morgan fingerprint density at radius 1 is 1.18 bits per heavy atom. The number of pyridine rings is 2. The number of rotatable bonds is 2. The normalized spacial score (nSPS) is 10.0. The van der Waals surface area contributed by atoms with Crippen molar-refractivity contribution < 1.29 is 4.79 Å². The lowest BCUT2D eigenvalue weighted by Crippen LogP contribution is -2.12. The zero-order chi connectivity index (χ0) is 12.3. The highest BCUT2D eigenvalue weighted by atomic mass is 79.9. The minimum Gasteiger partial charge on any atom is -0.321 e. The number of aromatic nitrogens is 2. The van der Waals surface area contributed by atoms with Crippen molar-refractivity contribution in [2.24, 2.45) is 0 Å². The van der Waals surface area contributed by atoms with Gasteiger partial charge in [0, 0.05) is 23.1 Å². The van der Waals surface area contributed by atoms with E-state index < -0.39 is 0 Å². The van der Waals surface area contributed by atoms with Crippen LogP contribution in [0.4, 0.5) is 5.69 Å². The molecule has 0 aliphatic heterocycles. The van der Waals surface area contributed by atoms with Gasteiger partial charge >= 0.3 is 0 Å². The van der Waals surface area contributed by atoms with Crippen LogP contribution in [0.5, 0.6) is 0 Å². The van der Waals surface area contributed by atoms with Crippen LogP contribution in [-0.2, 0) is 0 Å². The van der Waals surface area contributed by atoms with Gasteiger partial charge in [0.25, 0.3) is 5.91 Å². The summed E-state index contributed by atoms with van der Waals surface area (Å²) in [6, 6.07) is 3.57. The van der Waals surface area contributed by atoms with Crippen LogP contribution in [0.15, 0.2) is 41.4 Å². The van der Waals surface area contributed by atoms with E-state index in [1.54, 1.807) is 24.7 Å². The Hall–Kier alpha value is -1.75. The third kappa shape index (κ3) is 3.10. The van der Waals surface area contributed by atoms with Crippen molar-refractivity contribution in [3.63, 3.8) is 0 Å². The number of carbonyl (C=O) groups is 1. The van der Waals surface area contributed by atoms with E-state index in [1.807, 2.05) is 13.0 Å². The summed E-state index contributed by atoms with van der Waals surface area (Å²) < 4.78 is 0.771. The standard InChI is InChI=1S/C12H10BrN3O/c1-8-2-11(7-14-4-8)16-12(17)9-3-10(13)6-15-5-9/h2-7H,1H3,(H,16,17). The van der Waals surface area contributed by atoms with Crippen LogP contribution in [-0.4, -0.2) is 15.9 Å². The minimum atomic E-state index is -0.203. The van der Waals surface area contributed by atoms with Crippen molar-refractivity contribution in [1.29, 1.82) is 0 Å². The summed E-state index contributed by atoms with van der Waals surface area (Å²) in [5, 5.41) is 2.76. The fourth-order valence-corrected chi connectivity index (χ4v) is 1.73. The number of amides is 1. The fourth-order valence-electron chi connectivity index (χ4n) is 1.36. The van der Waals surface area contributed by atoms with Gasteiger partial charge < -0.3 is 5.32 Å². The predicted octanol–water partition coefficient (Wildman–Crippen LogP) is 2.80. The average molecular weight is 292 g/mol. The number of anilines is 1. The zero-order valence-electron chi connectivity index (χ0n) is 9.14. The molecule has 5 heteroatoms. The van der Waals surface area contributed by atoms with E-state index in [0.717, 1.165) is 10.0 Å². The Bertz CT molecular complexity index is 557. The lowest BCUT2D eigenvalue weighted by atomic mass is 10.2. The van der Waals surface area contributed by atoms with Gasteiger partial charge in [-0.05, 0) is 40.5 Å². The van der Waals surface area contributed by atoms with Crippen LogP contribution < -0.4 is 5.32 Å². The molecule has 17 heavy (non-hydrogen) atoms. The second kappa shape index (κ2) is 5.05. The number of aryl methyl sites for hydroxylation is 1. The van der Waals surface area contributed by atoms with Gasteiger partial charge in [0.2, 0.25) is 0 Å². The number of nitrogens with one attached hydrogen (secondary N) is 1. The van der Waals surface area contributed by atoms with Crippen molar-refractivity contribution in [3.05, 3.63) is 52.5 Å². The summed E-state index contributed by atoms with van der Waals surface area (Å²) in [6.07, 6.45) is 6.49. The molecule has 2 aromatic rings. The first-order valence-electron chi connectivity index (χ1n) is 4.99. The molecule has 0 atom stereocenters. The fraction of sp³-hybridized carbons (Fsp3) is 0.0833. The van der Waals surface area contributed by atoms with Gasteiger partial charge in [0.15, 0.2) is 0 Å². The minimum absolute atomic E-state index is 0.203. The van der Waals surface area contributed by atoms with Crippen LogP contribution in [0.3, 0.4) is 0 Å². The maximum Gasteiger partial charge on any atom is 0.257 e. The molecule has 0 saturated heterocycles. The van der Waals surface area contributed by atoms with E-state index in [1.165, 1.54) is 6.20 Å². The summed E-state index contributed by atoms with van der Waals surface area (Å²) in [5.74, 6) is -0.203. The Labute approximate surface area is 107 Å². The van der Waals surface area contributed by atoms with Crippen LogP contribution in [0.25, 0.3) is 0 Å². The average Bonchev–Trinajstić information content (AvgIpc) is 2.29. The molecule has 2 heterocycles. The van der Waals surface area contributed by atoms with Crippen LogP contribution in [0, 0.1) is 6.92 Å². The molecule has 86 valence electrons. The predicted molar refractivity (Wildman–Crippen MR) is 68.9 cm³/mol. The van der Waals surface area contributed by atoms with E-state index >= 15 is 0 Å². The lowest BCUT2D eigenvalue weighted by Gasteiger charge is -2.05. The summed E-state index contributed by atoms with van der Waals surface area (Å²) in [6.45, 7) is 1.92. The summed E-state index contributed by atoms with van der Waals surface area (Å²) in [4.78, 5) is 19.8. The topological polar surface area (TPSA) is 54.9 Å². The second-order valence-corrected chi connectivity index (χ2v) is 4.51. The summed E-state index contributed by atoms with van der Waals surface area (Å²) in [7, 11) is 0. The highest BCUT2D eigenvalue weighted by Crippen LogP contribution is 2.12. The van der Waals surface area contributed by atoms with Gasteiger partial charge in [-0.25, -0.2) is 0 Å². The number of halogens is 1. The zero-order valence-corrected chi connectivity index (χ0v) is 10.7. The number of nitrogens with zero attached hydrogens (tertiary/aromatic N) is 2. The largest absolute Gasteiger partial charge is 0.321 e. The number of hydrogen-bond donors (Lipinski definition) is 1. The molecule has 2 aromatic heterocycles. The summed E-state index contributed by atoms with van der Waals surface area (Å²) >= 11 is 3.27. The van der Waals surface area contributed by atoms with Crippen LogP contribution >= 0.6 is 15.9 Å². The molecule has 0 radical (unpaired) electrons. The summed E-state index contributed by atoms with van der Waals surface area (Å²) in [5.41, 5.74) is 2.17. The van der Waals surface area contributed by atoms with E-state index in [4.69, 9.17) is 0 Å². The van der Waals surface area contributed by atoms with E-state index in [9.17, 15) is 4.79 Å². The SMILES string of the molecule is Cc1cncc(NC(=O)c2cncc(Br)c2)c1. The molecular weight excluding hydrogens is 282 g/mol. The van der Waals surface area contributed by atoms with Gasteiger partial charge in [0.05, 0.1) is 17.4 Å². The lowest BCUT2D eigenvalue weighted by molar-refractivity contribution is 0.102. The molecule has 0 fully saturated rings. The first kappa shape index (κ1) is 11.7. The number of carbonyl (C=O) groups excluding carboxylic acids is 1. The maximum absolute atomic E-state index is 11.9. The van der Waals surface area contributed by atoms with E-state index in [2.05, 4.69) is 31.2 Å². The molecule has 1 N–H and O–H groups in total. The maximum atomic E-state index is 11.9. The molecule has 1 amide bonds. The molecule has 4 nitrogen and oxygen atoms in total. The highest BCUT2D eigenvalue weighted by molar-refractivity contribution is 9.10. The Balaban J connectivity index is 2.17. The molecule has 0 aromatic carbocycles. The monoisotopic (exact) mass is 291 g/mol. The molecule has 0 spiro atoms. The molecule has 0 aliphatic rings. The van der Waals surface area contributed by atoms with E-state index in [-0.39, 0.29) is 5.91 Å². The molecule has 2 rings (SSSR count). The van der Waals surface area contributed by atoms with Crippen molar-refractivity contribution >= 4 is 27.5 Å². The van der Waals surface area contributed by atoms with Gasteiger partial charge in [-0.1, -0.05) is 0 Å². The van der Waals surface area contributed by atoms with Gasteiger partial charge in [-0.15, -0.1) is 0 Å². The van der Waals surface area contributed by atoms with Crippen molar-refractivity contribution in [3.8, 4) is 0 Å². The molecule has 0 aliphatic carbocycles. The quantitative estimate of drug-likeness (QED) is 0.926. The Morgan fingerprint density at radius 2 is 1.94 bits per heavy atom. The molecule has 0 unspecified atom stereocenters. The second-order valence-electron chi connectivity index (χ2n) is 3.60. The Kier molecular flexibility index (Phi) is 3.49. The number of hydrogen-bond acceptors (Lipinski definition) is 3. The van der Waals surface area contributed by atoms with E-state index in [0.29, 0.717) is 11.3 Å². The molecule has 0 bridgehead atoms. The van der Waals surface area contributed by atoms with Crippen LogP contribution in [0.1, 0.15) is 15.9 Å². The van der Waals surface area contributed by atoms with Crippen LogP contribution in [0.2, 0.25) is 0 Å². The first-order valence-corrected chi connectivity index (χ1v) is 5.78. The highest BCUT2D eigenvalue weighted by Gasteiger charge is 2.07. The third-order valence-corrected chi connectivity index (χ3v) is 2.53. The molecular formula is C12H10BrN3O.